The van der Waals surface area contributed by atoms with Crippen LogP contribution >= 0.6 is 0 Å². The van der Waals surface area contributed by atoms with Crippen molar-refractivity contribution < 1.29 is 19.1 Å². The molecule has 2 aromatic carbocycles. The summed E-state index contributed by atoms with van der Waals surface area (Å²) in [5.41, 5.74) is 1.46. The number of rotatable bonds is 1. The number of hydrogen-bond acceptors (Lipinski definition) is 5. The van der Waals surface area contributed by atoms with Gasteiger partial charge >= 0.3 is 5.63 Å². The van der Waals surface area contributed by atoms with E-state index in [1.165, 1.54) is 18.2 Å². The maximum Gasteiger partial charge on any atom is 0.336 e. The van der Waals surface area contributed by atoms with Gasteiger partial charge in [0.15, 0.2) is 11.3 Å². The third kappa shape index (κ3) is 2.18. The monoisotopic (exact) mass is 320 g/mol. The van der Waals surface area contributed by atoms with E-state index in [1.807, 2.05) is 0 Å². The van der Waals surface area contributed by atoms with E-state index in [0.717, 1.165) is 5.56 Å². The maximum atomic E-state index is 12.7. The summed E-state index contributed by atoms with van der Waals surface area (Å²) in [5, 5.41) is 10.0. The zero-order chi connectivity index (χ0) is 16.8. The van der Waals surface area contributed by atoms with Gasteiger partial charge in [-0.25, -0.2) is 4.79 Å². The van der Waals surface area contributed by atoms with Gasteiger partial charge in [-0.1, -0.05) is 12.1 Å². The Hall–Kier alpha value is -3.34. The van der Waals surface area contributed by atoms with Crippen molar-refractivity contribution in [2.45, 2.75) is 6.92 Å². The second-order valence-corrected chi connectivity index (χ2v) is 5.60. The number of carbonyl (C=O) groups is 1. The average Bonchev–Trinajstić information content (AvgIpc) is 2.86. The number of hydrogen-bond donors (Lipinski definition) is 1. The highest BCUT2D eigenvalue weighted by Gasteiger charge is 2.31. The second-order valence-electron chi connectivity index (χ2n) is 5.60. The Kier molecular flexibility index (Phi) is 3.03. The van der Waals surface area contributed by atoms with Crippen molar-refractivity contribution in [3.63, 3.8) is 0 Å². The minimum absolute atomic E-state index is 0.141. The molecule has 1 aliphatic rings. The van der Waals surface area contributed by atoms with E-state index < -0.39 is 5.63 Å². The third-order valence-electron chi connectivity index (χ3n) is 3.94. The first-order valence-electron chi connectivity index (χ1n) is 7.34. The summed E-state index contributed by atoms with van der Waals surface area (Å²) < 4.78 is 10.9. The number of fused-ring (bicyclic) bond motifs is 3. The molecule has 0 saturated heterocycles. The molecule has 5 nitrogen and oxygen atoms in total. The van der Waals surface area contributed by atoms with Crippen molar-refractivity contribution in [3.05, 3.63) is 75.3 Å². The Morgan fingerprint density at radius 3 is 2.54 bits per heavy atom. The zero-order valence-electron chi connectivity index (χ0n) is 12.7. The fourth-order valence-corrected chi connectivity index (χ4v) is 2.77. The number of aryl methyl sites for hydroxylation is 1. The fraction of sp³-hybridized carbons (Fsp3) is 0.0526. The maximum absolute atomic E-state index is 12.7. The molecule has 0 saturated carbocycles. The quantitative estimate of drug-likeness (QED) is 0.549. The van der Waals surface area contributed by atoms with Crippen LogP contribution in [0.5, 0.6) is 11.5 Å². The first-order valence-corrected chi connectivity index (χ1v) is 7.34. The second kappa shape index (κ2) is 5.09. The zero-order valence-corrected chi connectivity index (χ0v) is 12.7. The first kappa shape index (κ1) is 14.3. The highest BCUT2D eigenvalue weighted by molar-refractivity contribution is 6.20. The first-order chi connectivity index (χ1) is 11.5. The number of benzene rings is 2. The van der Waals surface area contributed by atoms with Crippen LogP contribution in [0, 0.1) is 6.92 Å². The van der Waals surface area contributed by atoms with Crippen LogP contribution in [-0.2, 0) is 0 Å². The standard InChI is InChI=1S/C19H12O5/c1-10-8-16(21)24-19-13(10)6-7-14-17(19)18(22)15(23-14)9-11-2-4-12(20)5-3-11/h2-9,20H,1H3/b15-9-. The Morgan fingerprint density at radius 1 is 1.04 bits per heavy atom. The van der Waals surface area contributed by atoms with Gasteiger partial charge < -0.3 is 14.3 Å². The number of ether oxygens (including phenoxy) is 1. The largest absolute Gasteiger partial charge is 0.508 e. The summed E-state index contributed by atoms with van der Waals surface area (Å²) in [6.07, 6.45) is 1.58. The normalized spacial score (nSPS) is 14.9. The van der Waals surface area contributed by atoms with E-state index >= 15 is 0 Å². The molecule has 0 bridgehead atoms. The minimum atomic E-state index is -0.503. The summed E-state index contributed by atoms with van der Waals surface area (Å²) in [7, 11) is 0. The van der Waals surface area contributed by atoms with E-state index in [4.69, 9.17) is 9.15 Å². The molecular weight excluding hydrogens is 308 g/mol. The lowest BCUT2D eigenvalue weighted by Gasteiger charge is -2.02. The van der Waals surface area contributed by atoms with Crippen LogP contribution in [0.1, 0.15) is 21.5 Å². The van der Waals surface area contributed by atoms with E-state index in [-0.39, 0.29) is 28.4 Å². The molecule has 1 aliphatic heterocycles. The molecule has 0 aliphatic carbocycles. The van der Waals surface area contributed by atoms with E-state index in [2.05, 4.69) is 0 Å². The van der Waals surface area contributed by atoms with Crippen LogP contribution in [0.3, 0.4) is 0 Å². The topological polar surface area (TPSA) is 76.7 Å². The van der Waals surface area contributed by atoms with Crippen molar-refractivity contribution in [2.24, 2.45) is 0 Å². The molecule has 1 N–H and O–H groups in total. The molecule has 0 atom stereocenters. The molecule has 0 radical (unpaired) electrons. The molecule has 0 amide bonds. The lowest BCUT2D eigenvalue weighted by Crippen LogP contribution is -2.02. The van der Waals surface area contributed by atoms with Gasteiger partial charge in [-0.3, -0.25) is 4.79 Å². The Morgan fingerprint density at radius 2 is 1.79 bits per heavy atom. The van der Waals surface area contributed by atoms with Crippen LogP contribution in [0.25, 0.3) is 17.0 Å². The predicted octanol–water partition coefficient (Wildman–Crippen LogP) is 3.42. The summed E-state index contributed by atoms with van der Waals surface area (Å²) >= 11 is 0. The molecule has 0 unspecified atom stereocenters. The van der Waals surface area contributed by atoms with Gasteiger partial charge in [-0.15, -0.1) is 0 Å². The van der Waals surface area contributed by atoms with Gasteiger partial charge in [0, 0.05) is 11.5 Å². The third-order valence-corrected chi connectivity index (χ3v) is 3.94. The molecule has 24 heavy (non-hydrogen) atoms. The van der Waals surface area contributed by atoms with Crippen LogP contribution in [0.2, 0.25) is 0 Å². The SMILES string of the molecule is Cc1cc(=O)oc2c3c(ccc12)O/C(=C\c1ccc(O)cc1)C3=O. The molecular formula is C19H12O5. The number of allylic oxidation sites excluding steroid dienone is 1. The molecule has 5 heteroatoms. The van der Waals surface area contributed by atoms with Gasteiger partial charge in [0.05, 0.1) is 0 Å². The minimum Gasteiger partial charge on any atom is -0.508 e. The summed E-state index contributed by atoms with van der Waals surface area (Å²) in [4.78, 5) is 24.4. The van der Waals surface area contributed by atoms with Crippen molar-refractivity contribution in [2.75, 3.05) is 0 Å². The number of Topliss-reactive ketones (excluding diaryl/α,β-unsaturated/α-hetero) is 1. The molecule has 0 spiro atoms. The van der Waals surface area contributed by atoms with Gasteiger partial charge in [-0.2, -0.15) is 0 Å². The van der Waals surface area contributed by atoms with Crippen LogP contribution in [-0.4, -0.2) is 10.9 Å². The van der Waals surface area contributed by atoms with E-state index in [1.54, 1.807) is 37.3 Å². The van der Waals surface area contributed by atoms with Crippen LogP contribution in [0.15, 0.2) is 57.4 Å². The Balaban J connectivity index is 1.87. The number of aromatic hydroxyl groups is 1. The molecule has 1 aromatic heterocycles. The summed E-state index contributed by atoms with van der Waals surface area (Å²) in [6, 6.07) is 11.2. The van der Waals surface area contributed by atoms with Gasteiger partial charge in [0.25, 0.3) is 0 Å². The average molecular weight is 320 g/mol. The van der Waals surface area contributed by atoms with Crippen molar-refractivity contribution in [1.29, 1.82) is 0 Å². The summed E-state index contributed by atoms with van der Waals surface area (Å²) in [6.45, 7) is 1.79. The Bertz CT molecular complexity index is 1070. The number of carbonyl (C=O) groups excluding carboxylic acids is 1. The van der Waals surface area contributed by atoms with Crippen LogP contribution < -0.4 is 10.4 Å². The lowest BCUT2D eigenvalue weighted by molar-refractivity contribution is 0.101. The number of ketones is 1. The molecule has 2 heterocycles. The molecule has 0 fully saturated rings. The lowest BCUT2D eigenvalue weighted by atomic mass is 10.0. The fourth-order valence-electron chi connectivity index (χ4n) is 2.77. The summed E-state index contributed by atoms with van der Waals surface area (Å²) in [5.74, 6) is 0.318. The molecule has 4 rings (SSSR count). The van der Waals surface area contributed by atoms with Gasteiger partial charge in [-0.05, 0) is 48.4 Å². The highest BCUT2D eigenvalue weighted by atomic mass is 16.5. The number of phenolic OH excluding ortho intramolecular Hbond substituents is 1. The van der Waals surface area contributed by atoms with Gasteiger partial charge in [0.1, 0.15) is 17.1 Å². The Labute approximate surface area is 136 Å². The van der Waals surface area contributed by atoms with E-state index in [9.17, 15) is 14.7 Å². The number of phenols is 1. The smallest absolute Gasteiger partial charge is 0.336 e. The van der Waals surface area contributed by atoms with Crippen LogP contribution in [0.4, 0.5) is 0 Å². The van der Waals surface area contributed by atoms with E-state index in [0.29, 0.717) is 16.7 Å². The van der Waals surface area contributed by atoms with Crippen molar-refractivity contribution in [3.8, 4) is 11.5 Å². The van der Waals surface area contributed by atoms with Crippen molar-refractivity contribution in [1.82, 2.24) is 0 Å². The molecule has 3 aromatic rings. The highest BCUT2D eigenvalue weighted by Crippen LogP contribution is 2.37. The molecule has 118 valence electrons. The van der Waals surface area contributed by atoms with Crippen molar-refractivity contribution >= 4 is 22.8 Å². The van der Waals surface area contributed by atoms with Gasteiger partial charge in [0.2, 0.25) is 5.78 Å². The predicted molar refractivity (Wildman–Crippen MR) is 88.3 cm³/mol.